The quantitative estimate of drug-likeness (QED) is 0.259. The number of hydrogen-bond acceptors (Lipinski definition) is 1. The number of hydrogen-bond donors (Lipinski definition) is 0. The van der Waals surface area contributed by atoms with Crippen molar-refractivity contribution in [1.29, 1.82) is 0 Å². The SMILES string of the molecule is CCCCN=C(Cl)N(CCCC)CCCC.Cl. The van der Waals surface area contributed by atoms with Crippen LogP contribution in [0.2, 0.25) is 0 Å². The molecule has 17 heavy (non-hydrogen) atoms. The molecule has 4 heteroatoms. The van der Waals surface area contributed by atoms with E-state index in [9.17, 15) is 0 Å². The number of amidine groups is 1. The summed E-state index contributed by atoms with van der Waals surface area (Å²) < 4.78 is 0. The van der Waals surface area contributed by atoms with Gasteiger partial charge in [-0.2, -0.15) is 0 Å². The van der Waals surface area contributed by atoms with E-state index < -0.39 is 0 Å². The minimum Gasteiger partial charge on any atom is -0.347 e. The van der Waals surface area contributed by atoms with E-state index in [1.165, 1.54) is 32.1 Å². The van der Waals surface area contributed by atoms with Crippen LogP contribution in [0.1, 0.15) is 59.3 Å². The molecule has 0 N–H and O–H groups in total. The van der Waals surface area contributed by atoms with Gasteiger partial charge in [-0.1, -0.05) is 40.0 Å². The fourth-order valence-electron chi connectivity index (χ4n) is 1.42. The van der Waals surface area contributed by atoms with Crippen LogP contribution in [0, 0.1) is 0 Å². The monoisotopic (exact) mass is 282 g/mol. The van der Waals surface area contributed by atoms with Gasteiger partial charge in [-0.05, 0) is 30.9 Å². The molecule has 0 spiro atoms. The summed E-state index contributed by atoms with van der Waals surface area (Å²) in [5.41, 5.74) is 0. The molecular formula is C13H28Cl2N2. The van der Waals surface area contributed by atoms with Gasteiger partial charge in [-0.3, -0.25) is 4.99 Å². The summed E-state index contributed by atoms with van der Waals surface area (Å²) in [4.78, 5) is 6.65. The van der Waals surface area contributed by atoms with Crippen LogP contribution in [0.3, 0.4) is 0 Å². The topological polar surface area (TPSA) is 15.6 Å². The molecule has 0 aromatic heterocycles. The molecule has 104 valence electrons. The second-order valence-electron chi connectivity index (χ2n) is 4.20. The van der Waals surface area contributed by atoms with Crippen LogP contribution in [0.4, 0.5) is 0 Å². The van der Waals surface area contributed by atoms with E-state index in [1.807, 2.05) is 0 Å². The lowest BCUT2D eigenvalue weighted by Crippen LogP contribution is -2.29. The predicted octanol–water partition coefficient (Wildman–Crippen LogP) is 4.71. The van der Waals surface area contributed by atoms with Gasteiger partial charge in [0, 0.05) is 19.6 Å². The molecule has 0 atom stereocenters. The molecule has 0 rings (SSSR count). The Hall–Kier alpha value is 0.0500. The zero-order valence-electron chi connectivity index (χ0n) is 11.5. The van der Waals surface area contributed by atoms with E-state index in [0.29, 0.717) is 0 Å². The molecule has 0 unspecified atom stereocenters. The second-order valence-corrected chi connectivity index (χ2v) is 4.54. The number of unbranched alkanes of at least 4 members (excludes halogenated alkanes) is 3. The summed E-state index contributed by atoms with van der Waals surface area (Å²) in [6.07, 6.45) is 7.12. The van der Waals surface area contributed by atoms with Gasteiger partial charge in [0.2, 0.25) is 0 Å². The molecule has 0 amide bonds. The Kier molecular flexibility index (Phi) is 16.1. The molecule has 0 fully saturated rings. The van der Waals surface area contributed by atoms with Gasteiger partial charge >= 0.3 is 0 Å². The fourth-order valence-corrected chi connectivity index (χ4v) is 1.68. The van der Waals surface area contributed by atoms with E-state index >= 15 is 0 Å². The first kappa shape index (κ1) is 19.4. The first-order chi connectivity index (χ1) is 7.76. The zero-order chi connectivity index (χ0) is 12.2. The average Bonchev–Trinajstić information content (AvgIpc) is 2.29. The predicted molar refractivity (Wildman–Crippen MR) is 81.7 cm³/mol. The van der Waals surface area contributed by atoms with Crippen LogP contribution >= 0.6 is 24.0 Å². The molecule has 0 aromatic carbocycles. The maximum Gasteiger partial charge on any atom is 0.193 e. The maximum atomic E-state index is 6.23. The van der Waals surface area contributed by atoms with E-state index in [0.717, 1.165) is 31.3 Å². The van der Waals surface area contributed by atoms with Gasteiger partial charge < -0.3 is 4.90 Å². The Balaban J connectivity index is 0. The highest BCUT2D eigenvalue weighted by molar-refractivity contribution is 6.64. The van der Waals surface area contributed by atoms with Gasteiger partial charge in [0.25, 0.3) is 0 Å². The molecule has 0 saturated carbocycles. The Bertz CT molecular complexity index is 176. The van der Waals surface area contributed by atoms with Gasteiger partial charge in [0.05, 0.1) is 0 Å². The van der Waals surface area contributed by atoms with Crippen LogP contribution in [-0.4, -0.2) is 29.8 Å². The second kappa shape index (κ2) is 14.1. The van der Waals surface area contributed by atoms with Crippen molar-refractivity contribution in [2.24, 2.45) is 4.99 Å². The van der Waals surface area contributed by atoms with Crippen molar-refractivity contribution < 1.29 is 0 Å². The number of halogens is 2. The maximum absolute atomic E-state index is 6.23. The van der Waals surface area contributed by atoms with Gasteiger partial charge in [0.1, 0.15) is 0 Å². The molecule has 2 nitrogen and oxygen atoms in total. The van der Waals surface area contributed by atoms with E-state index in [-0.39, 0.29) is 12.4 Å². The highest BCUT2D eigenvalue weighted by atomic mass is 35.5. The van der Waals surface area contributed by atoms with Crippen molar-refractivity contribution in [3.8, 4) is 0 Å². The van der Waals surface area contributed by atoms with Crippen molar-refractivity contribution in [3.05, 3.63) is 0 Å². The lowest BCUT2D eigenvalue weighted by Gasteiger charge is -2.22. The van der Waals surface area contributed by atoms with Crippen LogP contribution in [0.5, 0.6) is 0 Å². The van der Waals surface area contributed by atoms with Crippen molar-refractivity contribution in [2.75, 3.05) is 19.6 Å². The number of nitrogens with zero attached hydrogens (tertiary/aromatic N) is 2. The van der Waals surface area contributed by atoms with Gasteiger partial charge in [-0.15, -0.1) is 12.4 Å². The lowest BCUT2D eigenvalue weighted by molar-refractivity contribution is 0.403. The summed E-state index contributed by atoms with van der Waals surface area (Å²) in [6, 6.07) is 0. The van der Waals surface area contributed by atoms with Crippen molar-refractivity contribution in [2.45, 2.75) is 59.3 Å². The van der Waals surface area contributed by atoms with Crippen LogP contribution in [0.25, 0.3) is 0 Å². The number of rotatable bonds is 9. The molecule has 0 aliphatic rings. The number of aliphatic imine (C=N–C) groups is 1. The summed E-state index contributed by atoms with van der Waals surface area (Å²) in [7, 11) is 0. The largest absolute Gasteiger partial charge is 0.347 e. The highest BCUT2D eigenvalue weighted by Crippen LogP contribution is 2.04. The van der Waals surface area contributed by atoms with Crippen LogP contribution in [-0.2, 0) is 0 Å². The summed E-state index contributed by atoms with van der Waals surface area (Å²) in [6.45, 7) is 9.55. The summed E-state index contributed by atoms with van der Waals surface area (Å²) in [5, 5.41) is 0.718. The third kappa shape index (κ3) is 10.9. The highest BCUT2D eigenvalue weighted by Gasteiger charge is 2.06. The standard InChI is InChI=1S/C13H27ClN2.ClH/c1-4-7-10-15-13(14)16(11-8-5-2)12-9-6-3;/h4-12H2,1-3H3;1H. The van der Waals surface area contributed by atoms with E-state index in [4.69, 9.17) is 11.6 Å². The first-order valence-corrected chi connectivity index (χ1v) is 7.08. The van der Waals surface area contributed by atoms with Crippen molar-refractivity contribution in [1.82, 2.24) is 4.90 Å². The average molecular weight is 283 g/mol. The Morgan fingerprint density at radius 3 is 1.82 bits per heavy atom. The molecule has 0 aromatic rings. The van der Waals surface area contributed by atoms with E-state index in [1.54, 1.807) is 0 Å². The lowest BCUT2D eigenvalue weighted by atomic mass is 10.3. The Morgan fingerprint density at radius 1 is 0.941 bits per heavy atom. The van der Waals surface area contributed by atoms with Gasteiger partial charge in [0.15, 0.2) is 5.29 Å². The minimum atomic E-state index is 0. The molecule has 0 aliphatic carbocycles. The molecular weight excluding hydrogens is 255 g/mol. The third-order valence-corrected chi connectivity index (χ3v) is 2.94. The zero-order valence-corrected chi connectivity index (χ0v) is 13.1. The first-order valence-electron chi connectivity index (χ1n) is 6.71. The van der Waals surface area contributed by atoms with Crippen molar-refractivity contribution in [3.63, 3.8) is 0 Å². The molecule has 0 radical (unpaired) electrons. The molecule has 0 saturated heterocycles. The van der Waals surface area contributed by atoms with Gasteiger partial charge in [-0.25, -0.2) is 0 Å². The Morgan fingerprint density at radius 2 is 1.41 bits per heavy atom. The van der Waals surface area contributed by atoms with Crippen LogP contribution in [0.15, 0.2) is 4.99 Å². The van der Waals surface area contributed by atoms with E-state index in [2.05, 4.69) is 30.7 Å². The normalized spacial score (nSPS) is 11.2. The molecule has 0 aliphatic heterocycles. The summed E-state index contributed by atoms with van der Waals surface area (Å²) in [5.74, 6) is 0. The molecule has 0 bridgehead atoms. The molecule has 0 heterocycles. The fraction of sp³-hybridized carbons (Fsp3) is 0.923. The summed E-state index contributed by atoms with van der Waals surface area (Å²) >= 11 is 6.23. The minimum absolute atomic E-state index is 0. The van der Waals surface area contributed by atoms with Crippen LogP contribution < -0.4 is 0 Å². The third-order valence-electron chi connectivity index (χ3n) is 2.58. The smallest absolute Gasteiger partial charge is 0.193 e. The van der Waals surface area contributed by atoms with Crippen molar-refractivity contribution >= 4 is 29.3 Å². The Labute approximate surface area is 118 Å².